The Kier molecular flexibility index (Phi) is 29.0. The van der Waals surface area contributed by atoms with Gasteiger partial charge in [-0.15, -0.1) is 0 Å². The summed E-state index contributed by atoms with van der Waals surface area (Å²) in [5.41, 5.74) is -0.777. The van der Waals surface area contributed by atoms with Crippen LogP contribution in [0, 0.1) is 15.4 Å². The predicted molar refractivity (Wildman–Crippen MR) is 283 cm³/mol. The summed E-state index contributed by atoms with van der Waals surface area (Å²) in [5, 5.41) is 6.00. The molecule has 2 atom stereocenters. The monoisotopic (exact) mass is 1110 g/mol. The van der Waals surface area contributed by atoms with E-state index in [9.17, 15) is 33.6 Å². The zero-order chi connectivity index (χ0) is 53.2. The van der Waals surface area contributed by atoms with Gasteiger partial charge < -0.3 is 29.6 Å². The van der Waals surface area contributed by atoms with Crippen molar-refractivity contribution < 1.29 is 52.5 Å². The van der Waals surface area contributed by atoms with Crippen molar-refractivity contribution in [3.8, 4) is 0 Å². The number of carbonyl (C=O) groups excluding carboxylic acids is 7. The fraction of sp³-hybridized carbons (Fsp3) is 0.755. The van der Waals surface area contributed by atoms with Crippen LogP contribution in [0.3, 0.4) is 0 Å². The Balaban J connectivity index is 1.95. The van der Waals surface area contributed by atoms with Crippen molar-refractivity contribution in [2.24, 2.45) is 11.8 Å². The lowest BCUT2D eigenvalue weighted by Gasteiger charge is -2.34. The van der Waals surface area contributed by atoms with E-state index in [1.54, 1.807) is 0 Å². The quantitative estimate of drug-likeness (QED) is 0.0488. The molecule has 2 rings (SSSR count). The van der Waals surface area contributed by atoms with Gasteiger partial charge in [-0.25, -0.2) is 0 Å². The van der Waals surface area contributed by atoms with E-state index in [4.69, 9.17) is 18.9 Å². The van der Waals surface area contributed by atoms with Crippen LogP contribution in [0.1, 0.15) is 133 Å². The van der Waals surface area contributed by atoms with Crippen LogP contribution in [0.5, 0.6) is 0 Å². The van der Waals surface area contributed by atoms with Crippen LogP contribution in [0.25, 0.3) is 0 Å². The van der Waals surface area contributed by atoms with E-state index >= 15 is 0 Å². The van der Waals surface area contributed by atoms with Crippen LogP contribution in [0.4, 0.5) is 0 Å². The molecule has 404 valence electrons. The minimum Gasteiger partial charge on any atom is -0.469 e. The van der Waals surface area contributed by atoms with Crippen LogP contribution in [0.15, 0.2) is 24.3 Å². The number of ether oxygens (including phenoxy) is 4. The van der Waals surface area contributed by atoms with Crippen molar-refractivity contribution in [3.63, 3.8) is 0 Å². The lowest BCUT2D eigenvalue weighted by atomic mass is 9.89. The van der Waals surface area contributed by atoms with Gasteiger partial charge in [0.05, 0.1) is 39.2 Å². The molecule has 0 spiro atoms. The van der Waals surface area contributed by atoms with E-state index in [2.05, 4.69) is 57.5 Å². The summed E-state index contributed by atoms with van der Waals surface area (Å²) in [5.74, 6) is -2.48. The Bertz CT molecular complexity index is 1770. The molecule has 0 radical (unpaired) electrons. The predicted octanol–water partition coefficient (Wildman–Crippen LogP) is 5.82. The number of unbranched alkanes of at least 4 members (excludes halogenated alkanes) is 2. The van der Waals surface area contributed by atoms with Gasteiger partial charge in [-0.2, -0.15) is 0 Å². The number of nitrogens with one attached hydrogen (secondary N) is 2. The van der Waals surface area contributed by atoms with E-state index in [0.29, 0.717) is 110 Å². The standard InChI is InChI=1S/C53H89IN6O11/c1-40(44(61)35-42(50(67)68-11)19-13-15-25-55-45(62)20-16-18-41-21-23-43(54)24-22-41)17-12-14-26-56-46(63)36-57-27-29-58(37-47(64)69-51(2,3)4)31-33-60(39-49(66)71-53(8,9)10)34-32-59(30-28-57)38-48(65)70-52(5,6)7/h21-24,40,42H,12-20,25-39H2,1-11H3,(H,55,62)(H,56,63). The smallest absolute Gasteiger partial charge is 0.320 e. The van der Waals surface area contributed by atoms with Crippen LogP contribution in [-0.2, 0) is 58.9 Å². The van der Waals surface area contributed by atoms with Gasteiger partial charge in [0.25, 0.3) is 0 Å². The fourth-order valence-electron chi connectivity index (χ4n) is 7.95. The molecule has 0 aromatic heterocycles. The van der Waals surface area contributed by atoms with Gasteiger partial charge in [0.2, 0.25) is 11.8 Å². The zero-order valence-electron chi connectivity index (χ0n) is 45.1. The number of halogens is 1. The zero-order valence-corrected chi connectivity index (χ0v) is 47.2. The highest BCUT2D eigenvalue weighted by Crippen LogP contribution is 2.21. The van der Waals surface area contributed by atoms with Crippen LogP contribution >= 0.6 is 22.6 Å². The molecule has 18 heteroatoms. The average molecular weight is 1110 g/mol. The maximum Gasteiger partial charge on any atom is 0.320 e. The first-order valence-corrected chi connectivity index (χ1v) is 26.7. The highest BCUT2D eigenvalue weighted by Gasteiger charge is 2.28. The van der Waals surface area contributed by atoms with Crippen LogP contribution < -0.4 is 10.6 Å². The van der Waals surface area contributed by atoms with E-state index in [0.717, 1.165) is 12.8 Å². The molecule has 2 N–H and O–H groups in total. The number of hydrogen-bond donors (Lipinski definition) is 2. The van der Waals surface area contributed by atoms with Crippen molar-refractivity contribution >= 4 is 64.1 Å². The lowest BCUT2D eigenvalue weighted by Crippen LogP contribution is -2.50. The van der Waals surface area contributed by atoms with E-state index in [-0.39, 0.29) is 74.0 Å². The van der Waals surface area contributed by atoms with Gasteiger partial charge in [0, 0.05) is 87.8 Å². The van der Waals surface area contributed by atoms with Crippen LogP contribution in [0.2, 0.25) is 0 Å². The number of Topliss-reactive ketones (excluding diaryl/α,β-unsaturated/α-hetero) is 1. The van der Waals surface area contributed by atoms with Gasteiger partial charge in [-0.3, -0.25) is 53.2 Å². The number of esters is 4. The molecule has 1 aromatic rings. The summed E-state index contributed by atoms with van der Waals surface area (Å²) in [6, 6.07) is 8.30. The van der Waals surface area contributed by atoms with Gasteiger partial charge in [0.15, 0.2) is 0 Å². The molecule has 0 bridgehead atoms. The fourth-order valence-corrected chi connectivity index (χ4v) is 8.31. The summed E-state index contributed by atoms with van der Waals surface area (Å²) in [6.07, 6.45) is 6.00. The summed E-state index contributed by atoms with van der Waals surface area (Å²) in [6.45, 7) is 22.9. The molecule has 1 aliphatic heterocycles. The second-order valence-electron chi connectivity index (χ2n) is 21.8. The number of hydrogen-bond acceptors (Lipinski definition) is 15. The molecule has 1 saturated heterocycles. The third kappa shape index (κ3) is 31.5. The number of carbonyl (C=O) groups is 7. The van der Waals surface area contributed by atoms with Crippen LogP contribution in [-0.4, -0.2) is 177 Å². The minimum atomic E-state index is -0.666. The van der Waals surface area contributed by atoms with Gasteiger partial charge in [-0.1, -0.05) is 31.9 Å². The van der Waals surface area contributed by atoms with Gasteiger partial charge in [-0.05, 0) is 141 Å². The van der Waals surface area contributed by atoms with Crippen molar-refractivity contribution in [1.82, 2.24) is 30.2 Å². The van der Waals surface area contributed by atoms with Crippen molar-refractivity contribution in [1.29, 1.82) is 0 Å². The molecule has 1 aliphatic rings. The molecule has 0 saturated carbocycles. The molecule has 1 fully saturated rings. The number of amides is 2. The Labute approximate surface area is 439 Å². The average Bonchev–Trinajstić information content (AvgIpc) is 3.24. The molecule has 1 aromatic carbocycles. The number of nitrogens with zero attached hydrogens (tertiary/aromatic N) is 4. The molecular formula is C53H89IN6O11. The third-order valence-electron chi connectivity index (χ3n) is 11.6. The Morgan fingerprint density at radius 2 is 0.958 bits per heavy atom. The molecule has 17 nitrogen and oxygen atoms in total. The maximum absolute atomic E-state index is 13.4. The molecule has 1 heterocycles. The first kappa shape index (κ1) is 63.4. The second kappa shape index (κ2) is 32.5. The SMILES string of the molecule is COC(=O)C(CCCCNC(=O)CCCc1ccc(I)cc1)CC(=O)C(C)CCCCNC(=O)CN1CCN(CC(=O)OC(C)(C)C)CCN(CC(=O)OC(C)(C)C)CCN(CC(=O)OC(C)(C)C)CC1. The van der Waals surface area contributed by atoms with Crippen molar-refractivity contribution in [2.75, 3.05) is 98.7 Å². The normalized spacial score (nSPS) is 16.1. The molecule has 71 heavy (non-hydrogen) atoms. The summed E-state index contributed by atoms with van der Waals surface area (Å²) in [7, 11) is 1.33. The minimum absolute atomic E-state index is 0.00153. The maximum atomic E-state index is 13.4. The Morgan fingerprint density at radius 1 is 0.563 bits per heavy atom. The number of rotatable bonds is 26. The number of methoxy groups -OCH3 is 1. The topological polar surface area (TPSA) is 193 Å². The second-order valence-corrected chi connectivity index (χ2v) is 23.1. The number of ketones is 1. The largest absolute Gasteiger partial charge is 0.469 e. The summed E-state index contributed by atoms with van der Waals surface area (Å²) >= 11 is 2.27. The van der Waals surface area contributed by atoms with Crippen molar-refractivity contribution in [3.05, 3.63) is 33.4 Å². The molecule has 2 unspecified atom stereocenters. The molecular weight excluding hydrogens is 1020 g/mol. The summed E-state index contributed by atoms with van der Waals surface area (Å²) < 4.78 is 23.2. The highest BCUT2D eigenvalue weighted by molar-refractivity contribution is 14.1. The van der Waals surface area contributed by atoms with Gasteiger partial charge in [0.1, 0.15) is 22.6 Å². The van der Waals surface area contributed by atoms with Gasteiger partial charge >= 0.3 is 23.9 Å². The summed E-state index contributed by atoms with van der Waals surface area (Å²) in [4.78, 5) is 98.8. The van der Waals surface area contributed by atoms with E-state index < -0.39 is 28.7 Å². The molecule has 2 amide bonds. The van der Waals surface area contributed by atoms with E-state index in [1.165, 1.54) is 16.2 Å². The first-order valence-electron chi connectivity index (χ1n) is 25.6. The Hall–Kier alpha value is -3.72. The first-order chi connectivity index (χ1) is 33.2. The number of aryl methyl sites for hydroxylation is 1. The lowest BCUT2D eigenvalue weighted by molar-refractivity contribution is -0.158. The highest BCUT2D eigenvalue weighted by atomic mass is 127. The Morgan fingerprint density at radius 3 is 1.37 bits per heavy atom. The number of benzene rings is 1. The van der Waals surface area contributed by atoms with Crippen molar-refractivity contribution in [2.45, 2.75) is 150 Å². The van der Waals surface area contributed by atoms with E-state index in [1.807, 2.05) is 88.8 Å². The molecule has 0 aliphatic carbocycles. The third-order valence-corrected chi connectivity index (χ3v) is 12.3.